The van der Waals surface area contributed by atoms with Crippen LogP contribution in [-0.2, 0) is 4.74 Å². The van der Waals surface area contributed by atoms with Crippen molar-refractivity contribution >= 4 is 28.3 Å². The minimum atomic E-state index is -0.387. The van der Waals surface area contributed by atoms with Crippen molar-refractivity contribution < 1.29 is 9.53 Å². The van der Waals surface area contributed by atoms with Crippen LogP contribution in [0.25, 0.3) is 0 Å². The molecule has 18 heavy (non-hydrogen) atoms. The lowest BCUT2D eigenvalue weighted by Gasteiger charge is -2.12. The molecule has 6 nitrogen and oxygen atoms in total. The third kappa shape index (κ3) is 2.73. The Morgan fingerprint density at radius 3 is 3.06 bits per heavy atom. The highest BCUT2D eigenvalue weighted by molar-refractivity contribution is 7.18. The van der Waals surface area contributed by atoms with Crippen LogP contribution in [0.4, 0.5) is 10.9 Å². The average Bonchev–Trinajstić information content (AvgIpc) is 2.92. The van der Waals surface area contributed by atoms with Crippen LogP contribution in [0.15, 0.2) is 0 Å². The van der Waals surface area contributed by atoms with Crippen LogP contribution in [0.3, 0.4) is 0 Å². The Bertz CT molecular complexity index is 435. The van der Waals surface area contributed by atoms with Gasteiger partial charge in [-0.25, -0.2) is 9.78 Å². The number of carbonyl (C=O) groups excluding carboxylic acids is 1. The highest BCUT2D eigenvalue weighted by atomic mass is 32.1. The van der Waals surface area contributed by atoms with Gasteiger partial charge in [0.2, 0.25) is 0 Å². The molecule has 0 spiro atoms. The third-order valence-electron chi connectivity index (χ3n) is 2.76. The van der Waals surface area contributed by atoms with E-state index in [1.807, 2.05) is 6.92 Å². The van der Waals surface area contributed by atoms with E-state index in [1.165, 1.54) is 11.3 Å². The molecule has 1 aliphatic heterocycles. The van der Waals surface area contributed by atoms with Crippen molar-refractivity contribution in [2.45, 2.75) is 25.8 Å². The van der Waals surface area contributed by atoms with E-state index in [0.29, 0.717) is 11.5 Å². The van der Waals surface area contributed by atoms with Gasteiger partial charge < -0.3 is 21.1 Å². The van der Waals surface area contributed by atoms with Gasteiger partial charge in [-0.1, -0.05) is 18.3 Å². The second-order valence-electron chi connectivity index (χ2n) is 4.34. The second-order valence-corrected chi connectivity index (χ2v) is 5.32. The van der Waals surface area contributed by atoms with Gasteiger partial charge in [-0.15, -0.1) is 0 Å². The number of carbonyl (C=O) groups is 1. The number of rotatable bonds is 4. The molecular weight excluding hydrogens is 252 g/mol. The van der Waals surface area contributed by atoms with Gasteiger partial charge in [-0.2, -0.15) is 0 Å². The number of nitrogen functional groups attached to an aromatic ring is 1. The molecule has 2 rings (SSSR count). The summed E-state index contributed by atoms with van der Waals surface area (Å²) in [5.41, 5.74) is 11.6. The standard InChI is InChI=1S/C11H18N4O2S/c1-2-5-17-10(16)8-9(13)14-11(18-8)15-4-3-7(12)6-15/h7H,2-6,12-13H2,1H3. The van der Waals surface area contributed by atoms with Gasteiger partial charge in [0.25, 0.3) is 0 Å². The summed E-state index contributed by atoms with van der Waals surface area (Å²) >= 11 is 1.28. The number of hydrogen-bond acceptors (Lipinski definition) is 7. The Morgan fingerprint density at radius 2 is 2.44 bits per heavy atom. The van der Waals surface area contributed by atoms with Crippen LogP contribution in [0.5, 0.6) is 0 Å². The zero-order valence-electron chi connectivity index (χ0n) is 10.4. The van der Waals surface area contributed by atoms with Crippen molar-refractivity contribution in [1.82, 2.24) is 4.98 Å². The monoisotopic (exact) mass is 270 g/mol. The van der Waals surface area contributed by atoms with E-state index in [1.54, 1.807) is 0 Å². The van der Waals surface area contributed by atoms with Crippen molar-refractivity contribution in [3.63, 3.8) is 0 Å². The van der Waals surface area contributed by atoms with Gasteiger partial charge in [-0.3, -0.25) is 0 Å². The number of hydrogen-bond donors (Lipinski definition) is 2. The molecule has 2 heterocycles. The van der Waals surface area contributed by atoms with Crippen molar-refractivity contribution in [1.29, 1.82) is 0 Å². The van der Waals surface area contributed by atoms with Crippen molar-refractivity contribution in [2.24, 2.45) is 5.73 Å². The molecule has 0 bridgehead atoms. The fraction of sp³-hybridized carbons (Fsp3) is 0.636. The molecule has 1 atom stereocenters. The van der Waals surface area contributed by atoms with Gasteiger partial charge in [0.1, 0.15) is 0 Å². The summed E-state index contributed by atoms with van der Waals surface area (Å²) in [5.74, 6) is -0.141. The maximum Gasteiger partial charge on any atom is 0.352 e. The lowest BCUT2D eigenvalue weighted by atomic mass is 10.3. The van der Waals surface area contributed by atoms with E-state index in [-0.39, 0.29) is 17.8 Å². The summed E-state index contributed by atoms with van der Waals surface area (Å²) in [6.07, 6.45) is 1.73. The first kappa shape index (κ1) is 13.1. The fourth-order valence-electron chi connectivity index (χ4n) is 1.82. The zero-order valence-corrected chi connectivity index (χ0v) is 11.2. The molecule has 1 fully saturated rings. The van der Waals surface area contributed by atoms with Crippen molar-refractivity contribution in [2.75, 3.05) is 30.3 Å². The van der Waals surface area contributed by atoms with E-state index in [4.69, 9.17) is 16.2 Å². The summed E-state index contributed by atoms with van der Waals surface area (Å²) in [7, 11) is 0. The highest BCUT2D eigenvalue weighted by Crippen LogP contribution is 2.30. The van der Waals surface area contributed by atoms with E-state index in [0.717, 1.165) is 31.1 Å². The first-order valence-electron chi connectivity index (χ1n) is 6.05. The minimum Gasteiger partial charge on any atom is -0.461 e. The number of esters is 1. The molecule has 0 radical (unpaired) electrons. The Balaban J connectivity index is 2.09. The molecule has 0 aromatic carbocycles. The molecule has 100 valence electrons. The zero-order chi connectivity index (χ0) is 13.1. The molecule has 4 N–H and O–H groups in total. The Hall–Kier alpha value is -1.34. The molecule has 0 amide bonds. The number of aromatic nitrogens is 1. The largest absolute Gasteiger partial charge is 0.461 e. The van der Waals surface area contributed by atoms with Crippen LogP contribution in [0, 0.1) is 0 Å². The van der Waals surface area contributed by atoms with E-state index >= 15 is 0 Å². The molecule has 1 aromatic heterocycles. The molecule has 1 saturated heterocycles. The lowest BCUT2D eigenvalue weighted by Crippen LogP contribution is -2.26. The van der Waals surface area contributed by atoms with Crippen LogP contribution < -0.4 is 16.4 Å². The first-order chi connectivity index (χ1) is 8.61. The van der Waals surface area contributed by atoms with Crippen LogP contribution in [-0.4, -0.2) is 36.7 Å². The summed E-state index contributed by atoms with van der Waals surface area (Å²) < 4.78 is 5.06. The van der Waals surface area contributed by atoms with Gasteiger partial charge in [0.05, 0.1) is 6.61 Å². The topological polar surface area (TPSA) is 94.5 Å². The van der Waals surface area contributed by atoms with Crippen molar-refractivity contribution in [3.05, 3.63) is 4.88 Å². The van der Waals surface area contributed by atoms with Crippen LogP contribution in [0.1, 0.15) is 29.4 Å². The molecular formula is C11H18N4O2S. The summed E-state index contributed by atoms with van der Waals surface area (Å²) in [4.78, 5) is 18.4. The van der Waals surface area contributed by atoms with Gasteiger partial charge in [0.15, 0.2) is 15.8 Å². The maximum absolute atomic E-state index is 11.7. The average molecular weight is 270 g/mol. The smallest absolute Gasteiger partial charge is 0.352 e. The predicted octanol–water partition coefficient (Wildman–Crippen LogP) is 0.830. The highest BCUT2D eigenvalue weighted by Gasteiger charge is 2.25. The Labute approximate surface area is 110 Å². The third-order valence-corrected chi connectivity index (χ3v) is 3.87. The van der Waals surface area contributed by atoms with E-state index < -0.39 is 0 Å². The number of thiazole rings is 1. The Morgan fingerprint density at radius 1 is 1.67 bits per heavy atom. The van der Waals surface area contributed by atoms with Gasteiger partial charge in [-0.05, 0) is 12.8 Å². The second kappa shape index (κ2) is 5.53. The summed E-state index contributed by atoms with van der Waals surface area (Å²) in [6.45, 7) is 3.97. The molecule has 0 aliphatic carbocycles. The molecule has 7 heteroatoms. The number of nitrogens with two attached hydrogens (primary N) is 2. The first-order valence-corrected chi connectivity index (χ1v) is 6.87. The van der Waals surface area contributed by atoms with Gasteiger partial charge >= 0.3 is 5.97 Å². The normalized spacial score (nSPS) is 19.2. The fourth-order valence-corrected chi connectivity index (χ4v) is 2.74. The van der Waals surface area contributed by atoms with Gasteiger partial charge in [0, 0.05) is 19.1 Å². The molecule has 0 saturated carbocycles. The van der Waals surface area contributed by atoms with E-state index in [9.17, 15) is 4.79 Å². The number of anilines is 2. The maximum atomic E-state index is 11.7. The molecule has 1 aromatic rings. The molecule has 1 aliphatic rings. The van der Waals surface area contributed by atoms with Crippen LogP contribution >= 0.6 is 11.3 Å². The Kier molecular flexibility index (Phi) is 4.03. The molecule has 1 unspecified atom stereocenters. The number of ether oxygens (including phenoxy) is 1. The summed E-state index contributed by atoms with van der Waals surface area (Å²) in [5, 5.41) is 0.754. The van der Waals surface area contributed by atoms with E-state index in [2.05, 4.69) is 9.88 Å². The SMILES string of the molecule is CCCOC(=O)c1sc(N2CCC(N)C2)nc1N. The van der Waals surface area contributed by atoms with Crippen molar-refractivity contribution in [3.8, 4) is 0 Å². The predicted molar refractivity (Wildman–Crippen MR) is 71.9 cm³/mol. The number of nitrogens with zero attached hydrogens (tertiary/aromatic N) is 2. The minimum absolute atomic E-state index is 0.172. The lowest BCUT2D eigenvalue weighted by molar-refractivity contribution is 0.0512. The summed E-state index contributed by atoms with van der Waals surface area (Å²) in [6, 6.07) is 0.172. The quantitative estimate of drug-likeness (QED) is 0.787. The van der Waals surface area contributed by atoms with Crippen LogP contribution in [0.2, 0.25) is 0 Å².